The van der Waals surface area contributed by atoms with Crippen molar-refractivity contribution in [1.82, 2.24) is 0 Å². The SMILES string of the molecule is C[C@@]12CCCCC[C@@H](Cc3ccc(OC(=O)CC4COC4)cc31)[C@@H]2N. The molecule has 2 fully saturated rings. The van der Waals surface area contributed by atoms with E-state index in [1.807, 2.05) is 6.07 Å². The van der Waals surface area contributed by atoms with E-state index in [1.54, 1.807) is 0 Å². The first-order chi connectivity index (χ1) is 12.1. The molecule has 0 unspecified atom stereocenters. The van der Waals surface area contributed by atoms with Crippen molar-refractivity contribution in [3.05, 3.63) is 29.3 Å². The molecule has 1 aromatic rings. The van der Waals surface area contributed by atoms with E-state index in [1.165, 1.54) is 36.8 Å². The van der Waals surface area contributed by atoms with E-state index in [4.69, 9.17) is 15.2 Å². The molecule has 3 atom stereocenters. The summed E-state index contributed by atoms with van der Waals surface area (Å²) >= 11 is 0. The van der Waals surface area contributed by atoms with E-state index >= 15 is 0 Å². The summed E-state index contributed by atoms with van der Waals surface area (Å²) in [6.45, 7) is 3.66. The number of rotatable bonds is 3. The Labute approximate surface area is 150 Å². The number of hydrogen-bond donors (Lipinski definition) is 1. The normalized spacial score (nSPS) is 32.1. The van der Waals surface area contributed by atoms with Gasteiger partial charge in [0, 0.05) is 17.4 Å². The van der Waals surface area contributed by atoms with Crippen LogP contribution in [-0.4, -0.2) is 25.2 Å². The standard InChI is InChI=1S/C21H29NO3/c1-21-8-4-2-3-5-16(20(21)22)10-15-6-7-17(11-18(15)21)25-19(23)9-14-12-24-13-14/h6-7,11,14,16,20H,2-5,8-10,12-13,22H2,1H3/t16-,20-,21+/m0/s1. The molecule has 136 valence electrons. The fraction of sp³-hybridized carbons (Fsp3) is 0.667. The minimum atomic E-state index is -0.158. The van der Waals surface area contributed by atoms with Crippen LogP contribution in [0.15, 0.2) is 18.2 Å². The van der Waals surface area contributed by atoms with Gasteiger partial charge >= 0.3 is 5.97 Å². The minimum Gasteiger partial charge on any atom is -0.427 e. The minimum absolute atomic E-state index is 0.0110. The Bertz CT molecular complexity index is 655. The van der Waals surface area contributed by atoms with Crippen LogP contribution in [0.2, 0.25) is 0 Å². The summed E-state index contributed by atoms with van der Waals surface area (Å²) in [4.78, 5) is 12.1. The molecule has 1 aliphatic heterocycles. The van der Waals surface area contributed by atoms with Gasteiger partial charge in [-0.3, -0.25) is 4.79 Å². The first-order valence-electron chi connectivity index (χ1n) is 9.74. The molecule has 1 saturated heterocycles. The predicted molar refractivity (Wildman–Crippen MR) is 96.6 cm³/mol. The molecular weight excluding hydrogens is 314 g/mol. The van der Waals surface area contributed by atoms with Gasteiger partial charge in [0.25, 0.3) is 0 Å². The van der Waals surface area contributed by atoms with Gasteiger partial charge in [-0.05, 0) is 48.4 Å². The van der Waals surface area contributed by atoms with Crippen LogP contribution in [0.25, 0.3) is 0 Å². The monoisotopic (exact) mass is 343 g/mol. The van der Waals surface area contributed by atoms with Crippen molar-refractivity contribution in [2.24, 2.45) is 17.6 Å². The van der Waals surface area contributed by atoms with Gasteiger partial charge in [0.1, 0.15) is 5.75 Å². The Hall–Kier alpha value is -1.39. The summed E-state index contributed by atoms with van der Waals surface area (Å²) < 4.78 is 10.8. The third kappa shape index (κ3) is 3.22. The Morgan fingerprint density at radius 3 is 2.92 bits per heavy atom. The first kappa shape index (κ1) is 17.0. The number of nitrogens with two attached hydrogens (primary N) is 1. The van der Waals surface area contributed by atoms with Crippen molar-refractivity contribution >= 4 is 5.97 Å². The largest absolute Gasteiger partial charge is 0.427 e. The molecule has 0 aromatic heterocycles. The second-order valence-electron chi connectivity index (χ2n) is 8.41. The number of benzene rings is 1. The fourth-order valence-corrected chi connectivity index (χ4v) is 4.91. The van der Waals surface area contributed by atoms with E-state index in [2.05, 4.69) is 19.1 Å². The highest BCUT2D eigenvalue weighted by atomic mass is 16.5. The van der Waals surface area contributed by atoms with Crippen LogP contribution < -0.4 is 10.5 Å². The molecule has 0 amide bonds. The molecule has 0 spiro atoms. The highest BCUT2D eigenvalue weighted by molar-refractivity contribution is 5.73. The third-order valence-corrected chi connectivity index (χ3v) is 6.59. The van der Waals surface area contributed by atoms with Crippen LogP contribution >= 0.6 is 0 Å². The van der Waals surface area contributed by atoms with Gasteiger partial charge in [-0.1, -0.05) is 32.3 Å². The van der Waals surface area contributed by atoms with Crippen LogP contribution in [0, 0.1) is 11.8 Å². The van der Waals surface area contributed by atoms with E-state index in [-0.39, 0.29) is 17.4 Å². The molecule has 1 saturated carbocycles. The summed E-state index contributed by atoms with van der Waals surface area (Å²) in [7, 11) is 0. The Morgan fingerprint density at radius 2 is 2.16 bits per heavy atom. The maximum atomic E-state index is 12.1. The van der Waals surface area contributed by atoms with Crippen LogP contribution in [0.3, 0.4) is 0 Å². The summed E-state index contributed by atoms with van der Waals surface area (Å²) in [5.74, 6) is 1.40. The molecule has 25 heavy (non-hydrogen) atoms. The van der Waals surface area contributed by atoms with Crippen LogP contribution in [0.5, 0.6) is 5.75 Å². The van der Waals surface area contributed by atoms with Gasteiger partial charge in [0.15, 0.2) is 0 Å². The lowest BCUT2D eigenvalue weighted by Gasteiger charge is -2.47. The summed E-state index contributed by atoms with van der Waals surface area (Å²) in [5.41, 5.74) is 9.41. The average molecular weight is 343 g/mol. The lowest BCUT2D eigenvalue weighted by Crippen LogP contribution is -2.52. The van der Waals surface area contributed by atoms with Crippen LogP contribution in [0.1, 0.15) is 56.6 Å². The van der Waals surface area contributed by atoms with Gasteiger partial charge < -0.3 is 15.2 Å². The summed E-state index contributed by atoms with van der Waals surface area (Å²) in [6.07, 6.45) is 7.67. The van der Waals surface area contributed by atoms with E-state index < -0.39 is 0 Å². The Balaban J connectivity index is 1.58. The third-order valence-electron chi connectivity index (χ3n) is 6.59. The summed E-state index contributed by atoms with van der Waals surface area (Å²) in [5, 5.41) is 0. The number of esters is 1. The van der Waals surface area contributed by atoms with Crippen molar-refractivity contribution in [2.45, 2.75) is 63.3 Å². The van der Waals surface area contributed by atoms with Gasteiger partial charge in [0.2, 0.25) is 0 Å². The molecule has 0 radical (unpaired) electrons. The second kappa shape index (κ2) is 6.73. The number of carbonyl (C=O) groups is 1. The molecule has 1 heterocycles. The molecule has 4 rings (SSSR count). The topological polar surface area (TPSA) is 61.5 Å². The molecule has 4 nitrogen and oxygen atoms in total. The van der Waals surface area contributed by atoms with E-state index in [0.717, 1.165) is 12.8 Å². The maximum Gasteiger partial charge on any atom is 0.311 e. The molecular formula is C21H29NO3. The van der Waals surface area contributed by atoms with Gasteiger partial charge in [-0.25, -0.2) is 0 Å². The maximum absolute atomic E-state index is 12.1. The van der Waals surface area contributed by atoms with Crippen molar-refractivity contribution in [3.63, 3.8) is 0 Å². The van der Waals surface area contributed by atoms with Crippen LogP contribution in [0.4, 0.5) is 0 Å². The van der Waals surface area contributed by atoms with Crippen molar-refractivity contribution < 1.29 is 14.3 Å². The average Bonchev–Trinajstić information content (AvgIpc) is 2.55. The molecule has 4 heteroatoms. The lowest BCUT2D eigenvalue weighted by molar-refractivity contribution is -0.139. The lowest BCUT2D eigenvalue weighted by atomic mass is 9.60. The van der Waals surface area contributed by atoms with Gasteiger partial charge in [-0.2, -0.15) is 0 Å². The Kier molecular flexibility index (Phi) is 4.59. The second-order valence-corrected chi connectivity index (χ2v) is 8.41. The molecule has 3 aliphatic rings. The highest BCUT2D eigenvalue weighted by Gasteiger charge is 2.43. The Morgan fingerprint density at radius 1 is 1.32 bits per heavy atom. The summed E-state index contributed by atoms with van der Waals surface area (Å²) in [6, 6.07) is 6.39. The molecule has 2 N–H and O–H groups in total. The van der Waals surface area contributed by atoms with Gasteiger partial charge in [-0.15, -0.1) is 0 Å². The number of ether oxygens (including phenoxy) is 2. The quantitative estimate of drug-likeness (QED) is 0.675. The zero-order valence-electron chi connectivity index (χ0n) is 15.1. The van der Waals surface area contributed by atoms with Crippen molar-refractivity contribution in [3.8, 4) is 5.75 Å². The van der Waals surface area contributed by atoms with Crippen molar-refractivity contribution in [1.29, 1.82) is 0 Å². The van der Waals surface area contributed by atoms with Crippen LogP contribution in [-0.2, 0) is 21.4 Å². The highest BCUT2D eigenvalue weighted by Crippen LogP contribution is 2.46. The first-order valence-corrected chi connectivity index (χ1v) is 9.74. The van der Waals surface area contributed by atoms with Gasteiger partial charge in [0.05, 0.1) is 19.6 Å². The number of fused-ring (bicyclic) bond motifs is 4. The smallest absolute Gasteiger partial charge is 0.311 e. The molecule has 1 aromatic carbocycles. The fourth-order valence-electron chi connectivity index (χ4n) is 4.91. The predicted octanol–water partition coefficient (Wildman–Crippen LogP) is 3.35. The van der Waals surface area contributed by atoms with E-state index in [0.29, 0.717) is 37.2 Å². The van der Waals surface area contributed by atoms with Crippen molar-refractivity contribution in [2.75, 3.05) is 13.2 Å². The molecule has 2 aliphatic carbocycles. The number of carbonyl (C=O) groups excluding carboxylic acids is 1. The van der Waals surface area contributed by atoms with E-state index in [9.17, 15) is 4.79 Å². The molecule has 2 bridgehead atoms. The zero-order valence-corrected chi connectivity index (χ0v) is 15.1. The number of hydrogen-bond acceptors (Lipinski definition) is 4. The zero-order chi connectivity index (χ0) is 17.4.